The topological polar surface area (TPSA) is 50.3 Å². The maximum absolute atomic E-state index is 13.5. The highest BCUT2D eigenvalue weighted by Crippen LogP contribution is 2.46. The van der Waals surface area contributed by atoms with Gasteiger partial charge in [0.05, 0.1) is 10.9 Å². The molecule has 0 spiro atoms. The Balaban J connectivity index is 1.39. The van der Waals surface area contributed by atoms with E-state index in [1.807, 2.05) is 32.1 Å². The highest BCUT2D eigenvalue weighted by molar-refractivity contribution is 6.70. The van der Waals surface area contributed by atoms with E-state index in [1.165, 1.54) is 49.1 Å². The first kappa shape index (κ1) is 40.7. The quantitative estimate of drug-likeness (QED) is 0.171. The lowest BCUT2D eigenvalue weighted by atomic mass is 9.63. The molecule has 0 aliphatic heterocycles. The first-order chi connectivity index (χ1) is 30.3. The number of aromatic hydroxyl groups is 2. The smallest absolute Gasteiger partial charge is 0.143 e. The molecule has 0 fully saturated rings. The molecule has 10 aromatic rings. The zero-order valence-electron chi connectivity index (χ0n) is 38.3. The van der Waals surface area contributed by atoms with Crippen molar-refractivity contribution in [2.24, 2.45) is 0 Å². The number of aromatic nitrogens is 2. The Bertz CT molecular complexity index is 3570. The van der Waals surface area contributed by atoms with Crippen LogP contribution in [0.5, 0.6) is 11.5 Å². The Morgan fingerprint density at radius 1 is 0.270 bits per heavy atom. The molecule has 0 aliphatic rings. The van der Waals surface area contributed by atoms with Crippen molar-refractivity contribution in [2.75, 3.05) is 0 Å². The van der Waals surface area contributed by atoms with Gasteiger partial charge in [0, 0.05) is 49.8 Å². The summed E-state index contributed by atoms with van der Waals surface area (Å²) in [6, 6.07) is 40.1. The van der Waals surface area contributed by atoms with Crippen LogP contribution in [0, 0.1) is 0 Å². The molecule has 8 aromatic carbocycles. The summed E-state index contributed by atoms with van der Waals surface area (Å²) in [6.45, 7) is 0. The van der Waals surface area contributed by atoms with Crippen LogP contribution in [0.15, 0.2) is 115 Å². The van der Waals surface area contributed by atoms with Gasteiger partial charge >= 0.3 is 0 Å². The van der Waals surface area contributed by atoms with Gasteiger partial charge < -0.3 is 19.3 Å². The summed E-state index contributed by atoms with van der Waals surface area (Å²) in [6.07, 6.45) is 0. The number of benzene rings is 8. The molecule has 4 nitrogen and oxygen atoms in total. The molecule has 0 saturated heterocycles. The minimum Gasteiger partial charge on any atom is -0.508 e. The van der Waals surface area contributed by atoms with Gasteiger partial charge in [-0.25, -0.2) is 0 Å². The second-order valence-electron chi connectivity index (χ2n) is 17.9. The number of hydrogen-bond donors (Lipinski definition) is 2. The van der Waals surface area contributed by atoms with Crippen LogP contribution in [-0.4, -0.2) is 106 Å². The normalized spacial score (nSPS) is 11.7. The average molecular weight is 799 g/mol. The van der Waals surface area contributed by atoms with E-state index in [-0.39, 0.29) is 11.5 Å². The lowest BCUT2D eigenvalue weighted by molar-refractivity contribution is 0.482. The van der Waals surface area contributed by atoms with Gasteiger partial charge in [-0.05, 0) is 51.9 Å². The molecular weight excluding hydrogens is 755 g/mol. The Kier molecular flexibility index (Phi) is 9.63. The van der Waals surface area contributed by atoms with Crippen LogP contribution in [0.25, 0.3) is 88.4 Å². The van der Waals surface area contributed by atoms with Gasteiger partial charge in [-0.15, -0.1) is 5.46 Å². The van der Waals surface area contributed by atoms with E-state index in [1.54, 1.807) is 0 Å². The SMILES string of the molecule is Bc1c(B)c(B)c2c(c1B)c1c(B)c(-c3c(B)c(B)c4c(c3O)c3c(-c5ccccc5)c(O)c(B)c(B)c3n4-c3ccc(-c4ccccc4)cc3)c(B)c(B)c1n2-c1ccccc1. The van der Waals surface area contributed by atoms with Gasteiger partial charge in [0.25, 0.3) is 0 Å². The lowest BCUT2D eigenvalue weighted by Gasteiger charge is -2.23. The van der Waals surface area contributed by atoms with Gasteiger partial charge in [0.2, 0.25) is 0 Å². The van der Waals surface area contributed by atoms with Crippen molar-refractivity contribution >= 4 is 190 Å². The molecule has 2 heterocycles. The number of rotatable bonds is 5. The minimum absolute atomic E-state index is 0.231. The highest BCUT2D eigenvalue weighted by atomic mass is 16.3. The molecule has 10 rings (SSSR count). The summed E-state index contributed by atoms with van der Waals surface area (Å²) < 4.78 is 4.81. The number of para-hydroxylation sites is 1. The molecule has 0 aliphatic carbocycles. The summed E-state index contributed by atoms with van der Waals surface area (Å²) in [4.78, 5) is 0. The molecular formula is C48H43B11N2O2. The molecule has 0 unspecified atom stereocenters. The average Bonchev–Trinajstić information content (AvgIpc) is 3.86. The van der Waals surface area contributed by atoms with Crippen LogP contribution in [-0.2, 0) is 0 Å². The fourth-order valence-corrected chi connectivity index (χ4v) is 10.9. The Hall–Kier alpha value is -6.33. The van der Waals surface area contributed by atoms with Crippen LogP contribution in [0.4, 0.5) is 0 Å². The molecule has 0 amide bonds. The number of phenols is 2. The van der Waals surface area contributed by atoms with Crippen molar-refractivity contribution in [2.45, 2.75) is 0 Å². The van der Waals surface area contributed by atoms with Gasteiger partial charge in [0.1, 0.15) is 97.8 Å². The van der Waals surface area contributed by atoms with E-state index in [0.29, 0.717) is 0 Å². The first-order valence-corrected chi connectivity index (χ1v) is 22.1. The first-order valence-electron chi connectivity index (χ1n) is 22.1. The van der Waals surface area contributed by atoms with E-state index in [2.05, 4.69) is 179 Å². The summed E-state index contributed by atoms with van der Waals surface area (Å²) in [5.74, 6) is 0.466. The fraction of sp³-hybridized carbons (Fsp3) is 0. The van der Waals surface area contributed by atoms with Crippen LogP contribution < -0.4 is 60.1 Å². The maximum Gasteiger partial charge on any atom is 0.143 e. The fourth-order valence-electron chi connectivity index (χ4n) is 10.9. The van der Waals surface area contributed by atoms with Crippen molar-refractivity contribution in [3.05, 3.63) is 115 Å². The van der Waals surface area contributed by atoms with E-state index < -0.39 is 0 Å². The highest BCUT2D eigenvalue weighted by Gasteiger charge is 2.31. The molecule has 2 aromatic heterocycles. The minimum atomic E-state index is 0.231. The maximum atomic E-state index is 13.5. The van der Waals surface area contributed by atoms with E-state index in [9.17, 15) is 10.2 Å². The van der Waals surface area contributed by atoms with Crippen molar-refractivity contribution in [3.8, 4) is 56.3 Å². The van der Waals surface area contributed by atoms with Gasteiger partial charge in [-0.1, -0.05) is 146 Å². The van der Waals surface area contributed by atoms with Gasteiger partial charge in [0.15, 0.2) is 0 Å². The third-order valence-corrected chi connectivity index (χ3v) is 14.9. The van der Waals surface area contributed by atoms with Crippen LogP contribution in [0.3, 0.4) is 0 Å². The van der Waals surface area contributed by atoms with E-state index in [0.717, 1.165) is 99.3 Å². The van der Waals surface area contributed by atoms with Crippen LogP contribution in [0.2, 0.25) is 0 Å². The number of fused-ring (bicyclic) bond motifs is 6. The lowest BCUT2D eigenvalue weighted by Crippen LogP contribution is -2.48. The summed E-state index contributed by atoms with van der Waals surface area (Å²) in [7, 11) is 24.3. The third-order valence-electron chi connectivity index (χ3n) is 14.9. The monoisotopic (exact) mass is 800 g/mol. The van der Waals surface area contributed by atoms with E-state index >= 15 is 0 Å². The van der Waals surface area contributed by atoms with Crippen molar-refractivity contribution in [3.63, 3.8) is 0 Å². The molecule has 0 atom stereocenters. The van der Waals surface area contributed by atoms with Gasteiger partial charge in [-0.2, -0.15) is 0 Å². The summed E-state index contributed by atoms with van der Waals surface area (Å²) >= 11 is 0. The van der Waals surface area contributed by atoms with Crippen molar-refractivity contribution in [1.82, 2.24) is 9.13 Å². The van der Waals surface area contributed by atoms with Crippen molar-refractivity contribution in [1.29, 1.82) is 0 Å². The van der Waals surface area contributed by atoms with Crippen molar-refractivity contribution < 1.29 is 10.2 Å². The third kappa shape index (κ3) is 5.70. The summed E-state index contributed by atoms with van der Waals surface area (Å²) in [5, 5.41) is 29.8. The second kappa shape index (κ2) is 14.9. The van der Waals surface area contributed by atoms with Crippen LogP contribution in [0.1, 0.15) is 0 Å². The number of phenolic OH excluding ortho intramolecular Hbond substituents is 2. The number of hydrogen-bond acceptors (Lipinski definition) is 2. The molecule has 0 saturated carbocycles. The predicted molar refractivity (Wildman–Crippen MR) is 305 cm³/mol. The molecule has 0 radical (unpaired) electrons. The molecule has 290 valence electrons. The predicted octanol–water partition coefficient (Wildman–Crippen LogP) is -6.86. The van der Waals surface area contributed by atoms with Crippen LogP contribution >= 0.6 is 0 Å². The molecule has 15 heteroatoms. The standard InChI is InChI=1S/C48H43B11N2O2/c49-32-27(33(50)38(55)44-28(32)29-34(51)36(53)37(54)40(57)45(29)60(44)23-14-8-3-9-15-23)30-35(52)39(56)46-31(47(30)62)26-25(22-12-6-2-7-13-22)48(63)42(59)41(58)43(26)61(46)24-18-16-21(17-19-24)20-10-4-1-5-11-20/h1-19,62-63H,49-59H2. The Labute approximate surface area is 379 Å². The zero-order chi connectivity index (χ0) is 44.3. The zero-order valence-corrected chi connectivity index (χ0v) is 38.3. The second-order valence-corrected chi connectivity index (χ2v) is 17.9. The Morgan fingerprint density at radius 2 is 0.667 bits per heavy atom. The molecule has 63 heavy (non-hydrogen) atoms. The summed E-state index contributed by atoms with van der Waals surface area (Å²) in [5.41, 5.74) is 24.9. The van der Waals surface area contributed by atoms with Gasteiger partial charge in [-0.3, -0.25) is 0 Å². The largest absolute Gasteiger partial charge is 0.508 e. The molecule has 0 bridgehead atoms. The van der Waals surface area contributed by atoms with E-state index in [4.69, 9.17) is 0 Å². The Morgan fingerprint density at radius 3 is 1.24 bits per heavy atom. The molecule has 2 N–H and O–H groups in total. The number of nitrogens with zero attached hydrogens (tertiary/aromatic N) is 2.